The van der Waals surface area contributed by atoms with Crippen LogP contribution in [0.25, 0.3) is 5.57 Å². The topological polar surface area (TPSA) is 17.1 Å². The van der Waals surface area contributed by atoms with Gasteiger partial charge in [-0.3, -0.25) is 4.21 Å². The minimum absolute atomic E-state index is 0.251. The Kier molecular flexibility index (Phi) is 4.07. The highest BCUT2D eigenvalue weighted by Crippen LogP contribution is 2.48. The monoisotopic (exact) mass is 356 g/mol. The van der Waals surface area contributed by atoms with Gasteiger partial charge in [0.15, 0.2) is 0 Å². The summed E-state index contributed by atoms with van der Waals surface area (Å²) in [5.74, 6) is 0. The Bertz CT molecular complexity index is 769. The molecule has 136 valence electrons. The van der Waals surface area contributed by atoms with Crippen molar-refractivity contribution in [3.8, 4) is 0 Å². The summed E-state index contributed by atoms with van der Waals surface area (Å²) in [6.45, 7) is 11.9. The lowest BCUT2D eigenvalue weighted by Crippen LogP contribution is -2.35. The van der Waals surface area contributed by atoms with Gasteiger partial charge in [0.2, 0.25) is 0 Å². The van der Waals surface area contributed by atoms with Gasteiger partial charge in [-0.05, 0) is 77.7 Å². The second-order valence-corrected chi connectivity index (χ2v) is 11.7. The maximum atomic E-state index is 12.6. The van der Waals surface area contributed by atoms with Crippen LogP contribution in [0.2, 0.25) is 0 Å². The Morgan fingerprint density at radius 3 is 2.28 bits per heavy atom. The number of allylic oxidation sites excluding steroid dienone is 1. The van der Waals surface area contributed by atoms with Crippen LogP contribution in [0, 0.1) is 6.92 Å². The van der Waals surface area contributed by atoms with E-state index in [0.717, 1.165) is 19.3 Å². The zero-order valence-corrected chi connectivity index (χ0v) is 17.3. The highest BCUT2D eigenvalue weighted by atomic mass is 32.2. The van der Waals surface area contributed by atoms with Crippen molar-refractivity contribution in [2.75, 3.05) is 0 Å². The van der Waals surface area contributed by atoms with E-state index < -0.39 is 10.8 Å². The van der Waals surface area contributed by atoms with Gasteiger partial charge in [0.25, 0.3) is 0 Å². The number of benzene rings is 1. The van der Waals surface area contributed by atoms with Gasteiger partial charge in [-0.15, -0.1) is 0 Å². The highest BCUT2D eigenvalue weighted by Gasteiger charge is 2.39. The van der Waals surface area contributed by atoms with Crippen molar-refractivity contribution in [3.63, 3.8) is 0 Å². The van der Waals surface area contributed by atoms with Gasteiger partial charge in [0.05, 0.1) is 5.25 Å². The predicted molar refractivity (Wildman–Crippen MR) is 109 cm³/mol. The van der Waals surface area contributed by atoms with Crippen LogP contribution in [-0.4, -0.2) is 14.7 Å². The number of hydrogen-bond acceptors (Lipinski definition) is 1. The van der Waals surface area contributed by atoms with E-state index in [2.05, 4.69) is 52.8 Å². The molecule has 1 aromatic carbocycles. The van der Waals surface area contributed by atoms with Crippen LogP contribution in [-0.2, 0) is 21.6 Å². The molecule has 4 rings (SSSR count). The Balaban J connectivity index is 1.84. The Morgan fingerprint density at radius 2 is 1.64 bits per heavy atom. The molecule has 0 amide bonds. The molecule has 3 aliphatic rings. The van der Waals surface area contributed by atoms with Crippen molar-refractivity contribution >= 4 is 16.4 Å². The quantitative estimate of drug-likeness (QED) is 0.621. The van der Waals surface area contributed by atoms with E-state index >= 15 is 0 Å². The molecule has 1 nitrogen and oxygen atoms in total. The van der Waals surface area contributed by atoms with E-state index in [9.17, 15) is 4.21 Å². The van der Waals surface area contributed by atoms with Crippen molar-refractivity contribution < 1.29 is 4.21 Å². The molecule has 1 saturated heterocycles. The lowest BCUT2D eigenvalue weighted by atomic mass is 9.62. The van der Waals surface area contributed by atoms with Crippen molar-refractivity contribution in [1.82, 2.24) is 0 Å². The fourth-order valence-corrected chi connectivity index (χ4v) is 7.10. The lowest BCUT2D eigenvalue weighted by molar-refractivity contribution is 0.331. The summed E-state index contributed by atoms with van der Waals surface area (Å²) < 4.78 is 12.6. The first-order valence-electron chi connectivity index (χ1n) is 9.95. The van der Waals surface area contributed by atoms with Crippen LogP contribution in [0.15, 0.2) is 18.2 Å². The van der Waals surface area contributed by atoms with Crippen molar-refractivity contribution in [1.29, 1.82) is 0 Å². The number of fused-ring (bicyclic) bond motifs is 3. The molecule has 3 atom stereocenters. The van der Waals surface area contributed by atoms with Gasteiger partial charge in [0, 0.05) is 16.0 Å². The zero-order valence-electron chi connectivity index (χ0n) is 16.4. The molecule has 0 radical (unpaired) electrons. The predicted octanol–water partition coefficient (Wildman–Crippen LogP) is 5.80. The molecule has 0 aromatic heterocycles. The van der Waals surface area contributed by atoms with Crippen molar-refractivity contribution in [2.24, 2.45) is 0 Å². The summed E-state index contributed by atoms with van der Waals surface area (Å²) in [4.78, 5) is 0. The van der Waals surface area contributed by atoms with Crippen LogP contribution < -0.4 is 0 Å². The summed E-state index contributed by atoms with van der Waals surface area (Å²) in [6, 6.07) is 4.97. The Hall–Kier alpha value is -0.890. The molecule has 0 saturated carbocycles. The molecular weight excluding hydrogens is 324 g/mol. The van der Waals surface area contributed by atoms with Crippen molar-refractivity contribution in [2.45, 2.75) is 94.5 Å². The maximum Gasteiger partial charge on any atom is 0.0536 e. The molecule has 25 heavy (non-hydrogen) atoms. The number of hydrogen-bond donors (Lipinski definition) is 0. The largest absolute Gasteiger partial charge is 0.259 e. The van der Waals surface area contributed by atoms with Gasteiger partial charge in [-0.25, -0.2) is 0 Å². The molecule has 0 N–H and O–H groups in total. The standard InChI is InChI=1S/C23H32OS/c1-15-11-20-21(23(4,5)10-9-22(20,2)3)14-19(15)16-12-17-7-6-8-18(13-16)25(17)24/h11-12,14,17-18H,6-10,13H2,1-5H3. The third-order valence-corrected chi connectivity index (χ3v) is 9.05. The van der Waals surface area contributed by atoms with Crippen LogP contribution in [0.3, 0.4) is 0 Å². The molecular formula is C23H32OS. The van der Waals surface area contributed by atoms with E-state index in [0.29, 0.717) is 10.5 Å². The maximum absolute atomic E-state index is 12.6. The second-order valence-electron chi connectivity index (χ2n) is 9.80. The summed E-state index contributed by atoms with van der Waals surface area (Å²) >= 11 is 0. The Morgan fingerprint density at radius 1 is 1.00 bits per heavy atom. The Labute approximate surface area is 155 Å². The SMILES string of the molecule is Cc1cc2c(cc1C1=CC3CCCC(C1)S3=O)C(C)(C)CCC2(C)C. The molecule has 2 heteroatoms. The third-order valence-electron chi connectivity index (χ3n) is 7.02. The highest BCUT2D eigenvalue weighted by molar-refractivity contribution is 7.86. The smallest absolute Gasteiger partial charge is 0.0536 e. The minimum atomic E-state index is -0.643. The summed E-state index contributed by atoms with van der Waals surface area (Å²) in [7, 11) is -0.643. The van der Waals surface area contributed by atoms with Crippen LogP contribution in [0.4, 0.5) is 0 Å². The first kappa shape index (κ1) is 17.5. The average Bonchev–Trinajstić information content (AvgIpc) is 2.52. The summed E-state index contributed by atoms with van der Waals surface area (Å²) in [6.07, 6.45) is 9.38. The van der Waals surface area contributed by atoms with Gasteiger partial charge >= 0.3 is 0 Å². The molecule has 1 fully saturated rings. The average molecular weight is 357 g/mol. The molecule has 2 bridgehead atoms. The van der Waals surface area contributed by atoms with E-state index in [-0.39, 0.29) is 10.8 Å². The van der Waals surface area contributed by atoms with Gasteiger partial charge in [-0.1, -0.05) is 52.3 Å². The molecule has 1 aromatic rings. The first-order chi connectivity index (χ1) is 11.7. The van der Waals surface area contributed by atoms with E-state index in [1.165, 1.54) is 36.0 Å². The zero-order chi connectivity index (χ0) is 18.0. The molecule has 2 aliphatic heterocycles. The fraction of sp³-hybridized carbons (Fsp3) is 0.652. The van der Waals surface area contributed by atoms with E-state index in [1.807, 2.05) is 0 Å². The number of rotatable bonds is 1. The van der Waals surface area contributed by atoms with Crippen LogP contribution in [0.5, 0.6) is 0 Å². The van der Waals surface area contributed by atoms with Crippen LogP contribution >= 0.6 is 0 Å². The number of aryl methyl sites for hydroxylation is 1. The molecule has 3 unspecified atom stereocenters. The van der Waals surface area contributed by atoms with Crippen LogP contribution in [0.1, 0.15) is 88.5 Å². The normalized spacial score (nSPS) is 32.7. The fourth-order valence-electron chi connectivity index (χ4n) is 5.17. The first-order valence-corrected chi connectivity index (χ1v) is 11.2. The van der Waals surface area contributed by atoms with E-state index in [1.54, 1.807) is 11.1 Å². The van der Waals surface area contributed by atoms with Gasteiger partial charge in [-0.2, -0.15) is 0 Å². The molecule has 1 aliphatic carbocycles. The summed E-state index contributed by atoms with van der Waals surface area (Å²) in [5, 5.41) is 0.681. The second kappa shape index (κ2) is 5.81. The van der Waals surface area contributed by atoms with E-state index in [4.69, 9.17) is 0 Å². The van der Waals surface area contributed by atoms with Crippen molar-refractivity contribution in [3.05, 3.63) is 40.5 Å². The minimum Gasteiger partial charge on any atom is -0.259 e. The molecule has 0 spiro atoms. The van der Waals surface area contributed by atoms with Gasteiger partial charge < -0.3 is 0 Å². The van der Waals surface area contributed by atoms with Gasteiger partial charge in [0.1, 0.15) is 0 Å². The molecule has 2 heterocycles. The lowest BCUT2D eigenvalue weighted by Gasteiger charge is -2.43. The third kappa shape index (κ3) is 2.85. The summed E-state index contributed by atoms with van der Waals surface area (Å²) in [5.41, 5.74) is 7.91.